The Morgan fingerprint density at radius 3 is 2.76 bits per heavy atom. The van der Waals surface area contributed by atoms with Gasteiger partial charge < -0.3 is 10.4 Å². The van der Waals surface area contributed by atoms with Gasteiger partial charge in [0.1, 0.15) is 0 Å². The van der Waals surface area contributed by atoms with Gasteiger partial charge in [0.25, 0.3) is 0 Å². The zero-order valence-corrected chi connectivity index (χ0v) is 10.6. The van der Waals surface area contributed by atoms with E-state index in [1.54, 1.807) is 0 Å². The van der Waals surface area contributed by atoms with Gasteiger partial charge in [0.2, 0.25) is 5.91 Å². The number of hydrogen-bond acceptors (Lipinski definition) is 2. The van der Waals surface area contributed by atoms with Crippen molar-refractivity contribution in [3.63, 3.8) is 0 Å². The molecule has 3 heteroatoms. The highest BCUT2D eigenvalue weighted by Crippen LogP contribution is 2.09. The van der Waals surface area contributed by atoms with Gasteiger partial charge in [-0.05, 0) is 37.8 Å². The van der Waals surface area contributed by atoms with E-state index in [9.17, 15) is 4.79 Å². The molecule has 0 aliphatic carbocycles. The minimum absolute atomic E-state index is 0.0140. The summed E-state index contributed by atoms with van der Waals surface area (Å²) < 4.78 is 0. The van der Waals surface area contributed by atoms with Crippen molar-refractivity contribution in [1.82, 2.24) is 5.32 Å². The monoisotopic (exact) mass is 235 g/mol. The second kappa shape index (κ2) is 7.07. The van der Waals surface area contributed by atoms with Crippen LogP contribution in [0.4, 0.5) is 0 Å². The predicted octanol–water partition coefficient (Wildman–Crippen LogP) is 1.81. The minimum Gasteiger partial charge on any atom is -0.396 e. The first-order valence-electron chi connectivity index (χ1n) is 6.08. The molecule has 1 aromatic rings. The third-order valence-corrected chi connectivity index (χ3v) is 2.76. The summed E-state index contributed by atoms with van der Waals surface area (Å²) in [5.41, 5.74) is 2.52. The van der Waals surface area contributed by atoms with Gasteiger partial charge in [0, 0.05) is 19.1 Å². The lowest BCUT2D eigenvalue weighted by Gasteiger charge is -2.15. The van der Waals surface area contributed by atoms with Crippen molar-refractivity contribution in [2.75, 3.05) is 6.61 Å². The highest BCUT2D eigenvalue weighted by Gasteiger charge is 2.08. The lowest BCUT2D eigenvalue weighted by atomic mass is 10.0. The number of aryl methyl sites for hydroxylation is 1. The van der Waals surface area contributed by atoms with Crippen molar-refractivity contribution in [2.24, 2.45) is 0 Å². The molecule has 1 unspecified atom stereocenters. The Kier molecular flexibility index (Phi) is 5.70. The van der Waals surface area contributed by atoms with Gasteiger partial charge in [-0.25, -0.2) is 0 Å². The summed E-state index contributed by atoms with van der Waals surface area (Å²) in [7, 11) is 0. The van der Waals surface area contributed by atoms with Crippen LogP contribution in [-0.4, -0.2) is 23.7 Å². The van der Waals surface area contributed by atoms with Gasteiger partial charge in [0.05, 0.1) is 0 Å². The molecule has 1 atom stereocenters. The Balaban J connectivity index is 2.42. The average molecular weight is 235 g/mol. The van der Waals surface area contributed by atoms with Gasteiger partial charge in [-0.1, -0.05) is 24.3 Å². The van der Waals surface area contributed by atoms with Gasteiger partial charge in [-0.15, -0.1) is 0 Å². The van der Waals surface area contributed by atoms with Gasteiger partial charge in [-0.2, -0.15) is 0 Å². The molecule has 94 valence electrons. The summed E-state index contributed by atoms with van der Waals surface area (Å²) in [5, 5.41) is 11.6. The fourth-order valence-electron chi connectivity index (χ4n) is 1.81. The van der Waals surface area contributed by atoms with E-state index in [1.807, 2.05) is 19.1 Å². The van der Waals surface area contributed by atoms with Crippen LogP contribution in [0.2, 0.25) is 0 Å². The van der Waals surface area contributed by atoms with E-state index >= 15 is 0 Å². The number of rotatable bonds is 6. The number of aliphatic hydroxyl groups excluding tert-OH is 1. The van der Waals surface area contributed by atoms with E-state index < -0.39 is 0 Å². The zero-order valence-electron chi connectivity index (χ0n) is 10.6. The SMILES string of the molecule is Cc1ccccc1CC(C)NC(=O)CCCO. The quantitative estimate of drug-likeness (QED) is 0.790. The zero-order chi connectivity index (χ0) is 12.7. The van der Waals surface area contributed by atoms with Crippen molar-refractivity contribution in [3.8, 4) is 0 Å². The summed E-state index contributed by atoms with van der Waals surface area (Å²) in [4.78, 5) is 11.5. The number of carbonyl (C=O) groups excluding carboxylic acids is 1. The van der Waals surface area contributed by atoms with Crippen LogP contribution >= 0.6 is 0 Å². The van der Waals surface area contributed by atoms with Crippen molar-refractivity contribution in [3.05, 3.63) is 35.4 Å². The van der Waals surface area contributed by atoms with Crippen LogP contribution in [0.3, 0.4) is 0 Å². The summed E-state index contributed by atoms with van der Waals surface area (Å²) in [5.74, 6) is 0.0140. The molecule has 2 N–H and O–H groups in total. The molecule has 3 nitrogen and oxygen atoms in total. The smallest absolute Gasteiger partial charge is 0.220 e. The third kappa shape index (κ3) is 5.00. The number of amides is 1. The summed E-state index contributed by atoms with van der Waals surface area (Å²) in [6, 6.07) is 8.33. The van der Waals surface area contributed by atoms with Crippen LogP contribution < -0.4 is 5.32 Å². The molecule has 0 aliphatic heterocycles. The number of hydrogen-bond donors (Lipinski definition) is 2. The molecule has 0 spiro atoms. The second-order valence-corrected chi connectivity index (χ2v) is 4.43. The van der Waals surface area contributed by atoms with Crippen molar-refractivity contribution >= 4 is 5.91 Å². The standard InChI is InChI=1S/C14H21NO2/c1-11-6-3-4-7-13(11)10-12(2)15-14(17)8-5-9-16/h3-4,6-7,12,16H,5,8-10H2,1-2H3,(H,15,17). The molecule has 0 fully saturated rings. The first-order valence-corrected chi connectivity index (χ1v) is 6.08. The Hall–Kier alpha value is -1.35. The average Bonchev–Trinajstić information content (AvgIpc) is 2.29. The summed E-state index contributed by atoms with van der Waals surface area (Å²) >= 11 is 0. The van der Waals surface area contributed by atoms with Crippen LogP contribution in [0.1, 0.15) is 30.9 Å². The molecule has 0 aliphatic rings. The maximum atomic E-state index is 11.5. The lowest BCUT2D eigenvalue weighted by molar-refractivity contribution is -0.121. The van der Waals surface area contributed by atoms with Gasteiger partial charge >= 0.3 is 0 Å². The van der Waals surface area contributed by atoms with Crippen LogP contribution in [0, 0.1) is 6.92 Å². The molecule has 0 aromatic heterocycles. The Morgan fingerprint density at radius 1 is 1.41 bits per heavy atom. The second-order valence-electron chi connectivity index (χ2n) is 4.43. The Labute approximate surface area is 103 Å². The van der Waals surface area contributed by atoms with Crippen LogP contribution in [0.5, 0.6) is 0 Å². The first kappa shape index (κ1) is 13.7. The van der Waals surface area contributed by atoms with Crippen molar-refractivity contribution in [2.45, 2.75) is 39.2 Å². The Bertz CT molecular complexity index is 363. The molecule has 0 radical (unpaired) electrons. The van der Waals surface area contributed by atoms with Crippen LogP contribution in [0.25, 0.3) is 0 Å². The molecular weight excluding hydrogens is 214 g/mol. The third-order valence-electron chi connectivity index (χ3n) is 2.76. The van der Waals surface area contributed by atoms with E-state index in [0.717, 1.165) is 6.42 Å². The molecule has 0 saturated carbocycles. The van der Waals surface area contributed by atoms with E-state index in [4.69, 9.17) is 5.11 Å². The molecule has 1 rings (SSSR count). The summed E-state index contributed by atoms with van der Waals surface area (Å²) in [6.45, 7) is 4.15. The maximum Gasteiger partial charge on any atom is 0.220 e. The summed E-state index contributed by atoms with van der Waals surface area (Å²) in [6.07, 6.45) is 1.77. The molecule has 1 aromatic carbocycles. The minimum atomic E-state index is 0.0140. The largest absolute Gasteiger partial charge is 0.396 e. The predicted molar refractivity (Wildman–Crippen MR) is 68.8 cm³/mol. The van der Waals surface area contributed by atoms with Crippen LogP contribution in [0.15, 0.2) is 24.3 Å². The molecule has 1 amide bonds. The molecule has 0 bridgehead atoms. The van der Waals surface area contributed by atoms with Crippen LogP contribution in [-0.2, 0) is 11.2 Å². The lowest BCUT2D eigenvalue weighted by Crippen LogP contribution is -2.34. The number of nitrogens with one attached hydrogen (secondary N) is 1. The van der Waals surface area contributed by atoms with Gasteiger partial charge in [-0.3, -0.25) is 4.79 Å². The fourth-order valence-corrected chi connectivity index (χ4v) is 1.81. The fraction of sp³-hybridized carbons (Fsp3) is 0.500. The molecular formula is C14H21NO2. The molecule has 0 saturated heterocycles. The number of carbonyl (C=O) groups is 1. The van der Waals surface area contributed by atoms with E-state index in [1.165, 1.54) is 11.1 Å². The molecule has 0 heterocycles. The normalized spacial score (nSPS) is 12.2. The maximum absolute atomic E-state index is 11.5. The highest BCUT2D eigenvalue weighted by molar-refractivity contribution is 5.76. The van der Waals surface area contributed by atoms with E-state index in [2.05, 4.69) is 24.4 Å². The van der Waals surface area contributed by atoms with Crippen molar-refractivity contribution in [1.29, 1.82) is 0 Å². The topological polar surface area (TPSA) is 49.3 Å². The number of aliphatic hydroxyl groups is 1. The number of benzene rings is 1. The van der Waals surface area contributed by atoms with Gasteiger partial charge in [0.15, 0.2) is 0 Å². The molecule has 17 heavy (non-hydrogen) atoms. The van der Waals surface area contributed by atoms with E-state index in [-0.39, 0.29) is 18.6 Å². The highest BCUT2D eigenvalue weighted by atomic mass is 16.3. The first-order chi connectivity index (χ1) is 8.13. The Morgan fingerprint density at radius 2 is 2.12 bits per heavy atom. The van der Waals surface area contributed by atoms with Crippen molar-refractivity contribution < 1.29 is 9.90 Å². The van der Waals surface area contributed by atoms with E-state index in [0.29, 0.717) is 12.8 Å².